The van der Waals surface area contributed by atoms with Gasteiger partial charge in [0, 0.05) is 12.6 Å². The Balaban J connectivity index is 2.17. The van der Waals surface area contributed by atoms with Gasteiger partial charge in [0.2, 0.25) is 5.95 Å². The first kappa shape index (κ1) is 14.0. The number of nitrogens with zero attached hydrogens (tertiary/aromatic N) is 3. The quantitative estimate of drug-likeness (QED) is 0.777. The number of nitrogens with two attached hydrogens (primary N) is 1. The Bertz CT molecular complexity index is 641. The molecular weight excluding hydrogens is 256 g/mol. The van der Waals surface area contributed by atoms with Crippen molar-refractivity contribution in [2.75, 3.05) is 17.6 Å². The van der Waals surface area contributed by atoms with Gasteiger partial charge in [-0.2, -0.15) is 0 Å². The lowest BCUT2D eigenvalue weighted by atomic mass is 9.97. The van der Waals surface area contributed by atoms with Gasteiger partial charge in [-0.25, -0.2) is 4.98 Å². The van der Waals surface area contributed by atoms with Crippen LogP contribution < -0.4 is 16.6 Å². The van der Waals surface area contributed by atoms with Crippen LogP contribution >= 0.6 is 0 Å². The van der Waals surface area contributed by atoms with E-state index in [1.165, 1.54) is 6.07 Å². The molecule has 7 nitrogen and oxygen atoms in total. The molecule has 2 rings (SSSR count). The Morgan fingerprint density at radius 1 is 1.25 bits per heavy atom. The average molecular weight is 274 g/mol. The van der Waals surface area contributed by atoms with Crippen molar-refractivity contribution in [2.45, 2.75) is 20.8 Å². The van der Waals surface area contributed by atoms with E-state index in [0.29, 0.717) is 17.2 Å². The molecule has 0 aromatic carbocycles. The van der Waals surface area contributed by atoms with Crippen molar-refractivity contribution in [3.05, 3.63) is 28.6 Å². The van der Waals surface area contributed by atoms with Gasteiger partial charge in [0.25, 0.3) is 5.56 Å². The minimum atomic E-state index is -0.316. The summed E-state index contributed by atoms with van der Waals surface area (Å²) in [6.07, 6.45) is 0. The highest BCUT2D eigenvalue weighted by Crippen LogP contribution is 2.16. The van der Waals surface area contributed by atoms with E-state index in [-0.39, 0.29) is 16.9 Å². The molecule has 0 saturated carbocycles. The number of H-pyrrole nitrogens is 1. The van der Waals surface area contributed by atoms with Crippen molar-refractivity contribution in [3.8, 4) is 11.4 Å². The Labute approximate surface area is 116 Å². The van der Waals surface area contributed by atoms with Gasteiger partial charge < -0.3 is 11.1 Å². The van der Waals surface area contributed by atoms with Crippen LogP contribution in [0.5, 0.6) is 0 Å². The summed E-state index contributed by atoms with van der Waals surface area (Å²) in [5, 5.41) is 11.3. The third kappa shape index (κ3) is 3.78. The highest BCUT2D eigenvalue weighted by molar-refractivity contribution is 5.55. The van der Waals surface area contributed by atoms with E-state index >= 15 is 0 Å². The summed E-state index contributed by atoms with van der Waals surface area (Å²) in [6.45, 7) is 7.18. The van der Waals surface area contributed by atoms with Gasteiger partial charge in [-0.3, -0.25) is 9.78 Å². The predicted octanol–water partition coefficient (Wildman–Crippen LogP) is 1.27. The number of hydrogen-bond acceptors (Lipinski definition) is 6. The molecule has 2 aromatic heterocycles. The van der Waals surface area contributed by atoms with Gasteiger partial charge in [-0.05, 0) is 17.5 Å². The molecule has 0 fully saturated rings. The largest absolute Gasteiger partial charge is 0.369 e. The fourth-order valence-corrected chi connectivity index (χ4v) is 1.53. The summed E-state index contributed by atoms with van der Waals surface area (Å²) in [5.41, 5.74) is 6.24. The zero-order valence-corrected chi connectivity index (χ0v) is 11.8. The highest BCUT2D eigenvalue weighted by Gasteiger charge is 2.10. The Morgan fingerprint density at radius 2 is 2.00 bits per heavy atom. The first-order chi connectivity index (χ1) is 9.33. The smallest absolute Gasteiger partial charge is 0.252 e. The third-order valence-corrected chi connectivity index (χ3v) is 2.49. The molecule has 0 aliphatic heterocycles. The maximum Gasteiger partial charge on any atom is 0.252 e. The van der Waals surface area contributed by atoms with Crippen LogP contribution in [0.15, 0.2) is 23.0 Å². The second-order valence-electron chi connectivity index (χ2n) is 5.73. The summed E-state index contributed by atoms with van der Waals surface area (Å²) >= 11 is 0. The van der Waals surface area contributed by atoms with E-state index in [9.17, 15) is 4.79 Å². The summed E-state index contributed by atoms with van der Waals surface area (Å²) in [5.74, 6) is 0.741. The van der Waals surface area contributed by atoms with Crippen LogP contribution in [0.2, 0.25) is 0 Å². The van der Waals surface area contributed by atoms with Crippen molar-refractivity contribution in [1.29, 1.82) is 0 Å². The number of nitrogen functional groups attached to an aromatic ring is 1. The van der Waals surface area contributed by atoms with Crippen LogP contribution in [0.3, 0.4) is 0 Å². The summed E-state index contributed by atoms with van der Waals surface area (Å²) in [6, 6.07) is 4.88. The number of rotatable bonds is 3. The SMILES string of the molecule is CC(C)(C)CNc1ccc(-c2cc(=O)[nH]c(N)n2)nn1. The summed E-state index contributed by atoms with van der Waals surface area (Å²) in [7, 11) is 0. The average Bonchev–Trinajstić information content (AvgIpc) is 2.35. The zero-order chi connectivity index (χ0) is 14.8. The fourth-order valence-electron chi connectivity index (χ4n) is 1.53. The fraction of sp³-hybridized carbons (Fsp3) is 0.385. The molecule has 4 N–H and O–H groups in total. The Kier molecular flexibility index (Phi) is 3.69. The van der Waals surface area contributed by atoms with E-state index in [2.05, 4.69) is 46.3 Å². The minimum Gasteiger partial charge on any atom is -0.369 e. The number of anilines is 2. The molecular formula is C13H18N6O. The number of aromatic amines is 1. The van der Waals surface area contributed by atoms with Crippen LogP contribution in [0.25, 0.3) is 11.4 Å². The van der Waals surface area contributed by atoms with E-state index < -0.39 is 0 Å². The van der Waals surface area contributed by atoms with Gasteiger partial charge >= 0.3 is 0 Å². The van der Waals surface area contributed by atoms with Crippen LogP contribution in [-0.4, -0.2) is 26.7 Å². The zero-order valence-electron chi connectivity index (χ0n) is 11.8. The molecule has 0 saturated heterocycles. The molecule has 20 heavy (non-hydrogen) atoms. The van der Waals surface area contributed by atoms with Crippen molar-refractivity contribution >= 4 is 11.8 Å². The molecule has 0 radical (unpaired) electrons. The van der Waals surface area contributed by atoms with E-state index in [0.717, 1.165) is 6.54 Å². The lowest BCUT2D eigenvalue weighted by Crippen LogP contribution is -2.19. The molecule has 0 atom stereocenters. The van der Waals surface area contributed by atoms with Crippen molar-refractivity contribution in [2.24, 2.45) is 5.41 Å². The summed E-state index contributed by atoms with van der Waals surface area (Å²) in [4.78, 5) is 17.7. The number of aromatic nitrogens is 4. The second kappa shape index (κ2) is 5.28. The normalized spacial score (nSPS) is 11.3. The maximum atomic E-state index is 11.3. The molecule has 2 heterocycles. The molecule has 7 heteroatoms. The van der Waals surface area contributed by atoms with Crippen LogP contribution in [0.1, 0.15) is 20.8 Å². The first-order valence-corrected chi connectivity index (χ1v) is 6.28. The molecule has 0 aliphatic carbocycles. The molecule has 0 amide bonds. The van der Waals surface area contributed by atoms with E-state index in [1.54, 1.807) is 12.1 Å². The van der Waals surface area contributed by atoms with Crippen LogP contribution in [0, 0.1) is 5.41 Å². The molecule has 0 bridgehead atoms. The third-order valence-electron chi connectivity index (χ3n) is 2.49. The van der Waals surface area contributed by atoms with Gasteiger partial charge in [-0.1, -0.05) is 20.8 Å². The maximum absolute atomic E-state index is 11.3. The number of hydrogen-bond donors (Lipinski definition) is 3. The minimum absolute atomic E-state index is 0.0595. The molecule has 0 spiro atoms. The second-order valence-corrected chi connectivity index (χ2v) is 5.73. The van der Waals surface area contributed by atoms with Crippen molar-refractivity contribution in [3.63, 3.8) is 0 Å². The lowest BCUT2D eigenvalue weighted by Gasteiger charge is -2.18. The molecule has 0 unspecified atom stereocenters. The Morgan fingerprint density at radius 3 is 2.55 bits per heavy atom. The van der Waals surface area contributed by atoms with Crippen molar-refractivity contribution in [1.82, 2.24) is 20.2 Å². The lowest BCUT2D eigenvalue weighted by molar-refractivity contribution is 0.442. The van der Waals surface area contributed by atoms with Gasteiger partial charge in [0.15, 0.2) is 0 Å². The molecule has 2 aromatic rings. The van der Waals surface area contributed by atoms with Gasteiger partial charge in [0.1, 0.15) is 11.5 Å². The molecule has 0 aliphatic rings. The van der Waals surface area contributed by atoms with Gasteiger partial charge in [-0.15, -0.1) is 10.2 Å². The predicted molar refractivity (Wildman–Crippen MR) is 78.2 cm³/mol. The van der Waals surface area contributed by atoms with Crippen LogP contribution in [0.4, 0.5) is 11.8 Å². The standard InChI is InChI=1S/C13H18N6O/c1-13(2,3)7-15-10-5-4-8(18-19-10)9-6-11(20)17-12(14)16-9/h4-6H,7H2,1-3H3,(H,15,19)(H3,14,16,17,20). The van der Waals surface area contributed by atoms with Gasteiger partial charge in [0.05, 0.1) is 5.69 Å². The molecule has 106 valence electrons. The first-order valence-electron chi connectivity index (χ1n) is 6.28. The van der Waals surface area contributed by atoms with E-state index in [4.69, 9.17) is 5.73 Å². The highest BCUT2D eigenvalue weighted by atomic mass is 16.1. The van der Waals surface area contributed by atoms with Crippen LogP contribution in [-0.2, 0) is 0 Å². The summed E-state index contributed by atoms with van der Waals surface area (Å²) < 4.78 is 0. The monoisotopic (exact) mass is 274 g/mol. The topological polar surface area (TPSA) is 110 Å². The Hall–Kier alpha value is -2.44. The number of nitrogens with one attached hydrogen (secondary N) is 2. The van der Waals surface area contributed by atoms with E-state index in [1.807, 2.05) is 0 Å². The van der Waals surface area contributed by atoms with Crippen molar-refractivity contribution < 1.29 is 0 Å².